The van der Waals surface area contributed by atoms with Gasteiger partial charge in [0.1, 0.15) is 5.76 Å². The van der Waals surface area contributed by atoms with Crippen molar-refractivity contribution < 1.29 is 9.21 Å². The van der Waals surface area contributed by atoms with Crippen molar-refractivity contribution in [2.45, 2.75) is 13.3 Å². The second-order valence-electron chi connectivity index (χ2n) is 3.39. The van der Waals surface area contributed by atoms with E-state index in [1.807, 2.05) is 6.92 Å². The van der Waals surface area contributed by atoms with Crippen LogP contribution in [-0.4, -0.2) is 36.9 Å². The Bertz CT molecular complexity index is 343. The van der Waals surface area contributed by atoms with Crippen molar-refractivity contribution in [2.75, 3.05) is 25.9 Å². The Hall–Kier alpha value is -1.21. The van der Waals surface area contributed by atoms with E-state index < -0.39 is 0 Å². The zero-order valence-corrected chi connectivity index (χ0v) is 10.9. The molecule has 0 unspecified atom stereocenters. The maximum atomic E-state index is 10.8. The lowest BCUT2D eigenvalue weighted by molar-refractivity contribution is 0.248. The van der Waals surface area contributed by atoms with Gasteiger partial charge in [0.05, 0.1) is 5.69 Å². The maximum Gasteiger partial charge on any atom is 0.324 e. The number of nitrogens with one attached hydrogen (secondary N) is 3. The number of amides is 2. The summed E-state index contributed by atoms with van der Waals surface area (Å²) in [4.78, 5) is 14.8. The number of carbonyl (C=O) groups excluding carboxylic acids is 1. The predicted octanol–water partition coefficient (Wildman–Crippen LogP) is 0.692. The lowest BCUT2D eigenvalue weighted by Crippen LogP contribution is -2.29. The van der Waals surface area contributed by atoms with E-state index in [1.165, 1.54) is 18.3 Å². The lowest BCUT2D eigenvalue weighted by atomic mass is 10.3. The van der Waals surface area contributed by atoms with Crippen molar-refractivity contribution in [2.24, 2.45) is 0 Å². The third-order valence-electron chi connectivity index (χ3n) is 2.15. The molecule has 1 heterocycles. The first-order valence-electron chi connectivity index (χ1n) is 5.43. The van der Waals surface area contributed by atoms with Crippen molar-refractivity contribution in [1.82, 2.24) is 20.3 Å². The molecule has 96 valence electrons. The maximum absolute atomic E-state index is 10.8. The highest BCUT2D eigenvalue weighted by Crippen LogP contribution is 2.04. The highest BCUT2D eigenvalue weighted by molar-refractivity contribution is 7.97. The molecule has 2 amide bonds. The molecule has 0 aliphatic heterocycles. The first-order chi connectivity index (χ1) is 8.24. The Morgan fingerprint density at radius 3 is 3.00 bits per heavy atom. The molecule has 0 spiro atoms. The zero-order chi connectivity index (χ0) is 12.5. The van der Waals surface area contributed by atoms with Gasteiger partial charge in [-0.25, -0.2) is 9.78 Å². The van der Waals surface area contributed by atoms with Crippen LogP contribution in [0.2, 0.25) is 0 Å². The summed E-state index contributed by atoms with van der Waals surface area (Å²) in [7, 11) is 1.59. The number of oxazole rings is 1. The van der Waals surface area contributed by atoms with Crippen LogP contribution >= 0.6 is 11.9 Å². The average Bonchev–Trinajstić information content (AvgIpc) is 2.73. The van der Waals surface area contributed by atoms with Crippen molar-refractivity contribution >= 4 is 18.0 Å². The minimum Gasteiger partial charge on any atom is -0.448 e. The summed E-state index contributed by atoms with van der Waals surface area (Å²) in [6.45, 7) is 3.61. The van der Waals surface area contributed by atoms with E-state index >= 15 is 0 Å². The fourth-order valence-corrected chi connectivity index (χ4v) is 1.77. The van der Waals surface area contributed by atoms with E-state index in [9.17, 15) is 4.79 Å². The summed E-state index contributed by atoms with van der Waals surface area (Å²) < 4.78 is 7.86. The molecule has 17 heavy (non-hydrogen) atoms. The van der Waals surface area contributed by atoms with Gasteiger partial charge in [-0.15, -0.1) is 0 Å². The van der Waals surface area contributed by atoms with Gasteiger partial charge < -0.3 is 15.1 Å². The van der Waals surface area contributed by atoms with Crippen LogP contribution in [0.5, 0.6) is 0 Å². The summed E-state index contributed by atoms with van der Waals surface area (Å²) in [6, 6.07) is -0.174. The van der Waals surface area contributed by atoms with Gasteiger partial charge in [0.15, 0.2) is 6.39 Å². The smallest absolute Gasteiger partial charge is 0.324 e. The van der Waals surface area contributed by atoms with Crippen LogP contribution in [0, 0.1) is 6.92 Å². The molecule has 6 nitrogen and oxygen atoms in total. The number of urea groups is 1. The van der Waals surface area contributed by atoms with Crippen molar-refractivity contribution in [3.05, 3.63) is 17.8 Å². The van der Waals surface area contributed by atoms with Crippen LogP contribution in [0.3, 0.4) is 0 Å². The first-order valence-corrected chi connectivity index (χ1v) is 6.41. The van der Waals surface area contributed by atoms with Gasteiger partial charge in [0, 0.05) is 32.3 Å². The van der Waals surface area contributed by atoms with Gasteiger partial charge in [-0.1, -0.05) is 0 Å². The standard InChI is InChI=1S/C10H18N4O2S/c1-8-9(16-7-13-8)3-4-12-5-6-17-14-10(15)11-2/h7,12H,3-6H2,1-2H3,(H2,11,14,15). The van der Waals surface area contributed by atoms with Crippen LogP contribution in [0.25, 0.3) is 0 Å². The Labute approximate surface area is 105 Å². The molecule has 0 radical (unpaired) electrons. The fraction of sp³-hybridized carbons (Fsp3) is 0.600. The van der Waals surface area contributed by atoms with Gasteiger partial charge in [-0.2, -0.15) is 0 Å². The van der Waals surface area contributed by atoms with Crippen LogP contribution in [-0.2, 0) is 6.42 Å². The van der Waals surface area contributed by atoms with Gasteiger partial charge in [-0.3, -0.25) is 4.72 Å². The number of carbonyl (C=O) groups is 1. The molecule has 0 saturated heterocycles. The lowest BCUT2D eigenvalue weighted by Gasteiger charge is -2.04. The van der Waals surface area contributed by atoms with E-state index in [2.05, 4.69) is 20.3 Å². The Morgan fingerprint density at radius 1 is 1.53 bits per heavy atom. The molecule has 0 bridgehead atoms. The first kappa shape index (κ1) is 13.9. The SMILES string of the molecule is CNC(=O)NSCCNCCc1ocnc1C. The topological polar surface area (TPSA) is 79.2 Å². The van der Waals surface area contributed by atoms with Gasteiger partial charge in [0.25, 0.3) is 0 Å². The quantitative estimate of drug-likeness (QED) is 0.495. The molecule has 0 atom stereocenters. The molecule has 3 N–H and O–H groups in total. The molecular weight excluding hydrogens is 240 g/mol. The molecule has 0 aromatic carbocycles. The van der Waals surface area contributed by atoms with Crippen LogP contribution < -0.4 is 15.4 Å². The van der Waals surface area contributed by atoms with Crippen LogP contribution in [0.1, 0.15) is 11.5 Å². The summed E-state index contributed by atoms with van der Waals surface area (Å²) in [6.07, 6.45) is 2.30. The average molecular weight is 258 g/mol. The number of aryl methyl sites for hydroxylation is 1. The Kier molecular flexibility index (Phi) is 6.49. The second kappa shape index (κ2) is 7.97. The summed E-state index contributed by atoms with van der Waals surface area (Å²) >= 11 is 1.38. The molecule has 0 aliphatic rings. The highest BCUT2D eigenvalue weighted by Gasteiger charge is 2.02. The van der Waals surface area contributed by atoms with Crippen molar-refractivity contribution in [3.63, 3.8) is 0 Å². The van der Waals surface area contributed by atoms with Crippen molar-refractivity contribution in [1.29, 1.82) is 0 Å². The number of rotatable bonds is 7. The third-order valence-corrected chi connectivity index (χ3v) is 2.88. The highest BCUT2D eigenvalue weighted by atomic mass is 32.2. The summed E-state index contributed by atoms with van der Waals surface area (Å²) in [5, 5.41) is 5.74. The van der Waals surface area contributed by atoms with Crippen LogP contribution in [0.15, 0.2) is 10.8 Å². The Morgan fingerprint density at radius 2 is 2.35 bits per heavy atom. The van der Waals surface area contributed by atoms with Crippen LogP contribution in [0.4, 0.5) is 4.79 Å². The van der Waals surface area contributed by atoms with E-state index in [-0.39, 0.29) is 6.03 Å². The zero-order valence-electron chi connectivity index (χ0n) is 10.1. The van der Waals surface area contributed by atoms with Gasteiger partial charge in [0.2, 0.25) is 0 Å². The normalized spacial score (nSPS) is 10.2. The molecule has 0 fully saturated rings. The molecule has 1 aromatic heterocycles. The van der Waals surface area contributed by atoms with E-state index in [0.717, 1.165) is 36.7 Å². The van der Waals surface area contributed by atoms with E-state index in [1.54, 1.807) is 7.05 Å². The van der Waals surface area contributed by atoms with Gasteiger partial charge >= 0.3 is 6.03 Å². The molecule has 7 heteroatoms. The predicted molar refractivity (Wildman–Crippen MR) is 67.9 cm³/mol. The molecule has 1 rings (SSSR count). The second-order valence-corrected chi connectivity index (χ2v) is 4.29. The number of nitrogens with zero attached hydrogens (tertiary/aromatic N) is 1. The molecule has 1 aromatic rings. The van der Waals surface area contributed by atoms with Crippen molar-refractivity contribution in [3.8, 4) is 0 Å². The number of hydrogen-bond donors (Lipinski definition) is 3. The molecular formula is C10H18N4O2S. The molecule has 0 saturated carbocycles. The fourth-order valence-electron chi connectivity index (χ4n) is 1.18. The largest absolute Gasteiger partial charge is 0.448 e. The summed E-state index contributed by atoms with van der Waals surface area (Å²) in [5.74, 6) is 1.75. The van der Waals surface area contributed by atoms with Gasteiger partial charge in [-0.05, 0) is 18.9 Å². The van der Waals surface area contributed by atoms with E-state index in [0.29, 0.717) is 0 Å². The minimum atomic E-state index is -0.174. The number of aromatic nitrogens is 1. The monoisotopic (exact) mass is 258 g/mol. The third kappa shape index (κ3) is 5.60. The van der Waals surface area contributed by atoms with E-state index in [4.69, 9.17) is 4.42 Å². The summed E-state index contributed by atoms with van der Waals surface area (Å²) in [5.41, 5.74) is 0.947. The minimum absolute atomic E-state index is 0.174. The number of hydrogen-bond acceptors (Lipinski definition) is 5. The Balaban J connectivity index is 1.95. The molecule has 0 aliphatic carbocycles.